The van der Waals surface area contributed by atoms with Crippen LogP contribution in [0.3, 0.4) is 0 Å². The lowest BCUT2D eigenvalue weighted by atomic mass is 10.3. The molecule has 6 heteroatoms. The standard InChI is InChI=1S/C12H22N2O2S2/c1-11(2)13-6-3-4-8-18(15,16)14-9-12-5-7-17-10-12/h5,7,10-11,13-14H,3-4,6,8-9H2,1-2H3. The fourth-order valence-electron chi connectivity index (χ4n) is 1.47. The molecule has 0 amide bonds. The highest BCUT2D eigenvalue weighted by Crippen LogP contribution is 2.06. The fraction of sp³-hybridized carbons (Fsp3) is 0.667. The van der Waals surface area contributed by atoms with Gasteiger partial charge in [0.1, 0.15) is 0 Å². The van der Waals surface area contributed by atoms with Gasteiger partial charge in [0.2, 0.25) is 10.0 Å². The van der Waals surface area contributed by atoms with Gasteiger partial charge in [-0.05, 0) is 41.8 Å². The zero-order valence-electron chi connectivity index (χ0n) is 11.0. The van der Waals surface area contributed by atoms with E-state index in [2.05, 4.69) is 23.9 Å². The third-order valence-electron chi connectivity index (χ3n) is 2.47. The molecule has 1 aromatic heterocycles. The van der Waals surface area contributed by atoms with Gasteiger partial charge in [-0.1, -0.05) is 13.8 Å². The summed E-state index contributed by atoms with van der Waals surface area (Å²) in [5.41, 5.74) is 1.02. The fourth-order valence-corrected chi connectivity index (χ4v) is 3.25. The molecule has 18 heavy (non-hydrogen) atoms. The molecule has 0 saturated heterocycles. The van der Waals surface area contributed by atoms with Crippen molar-refractivity contribution in [1.82, 2.24) is 10.0 Å². The van der Waals surface area contributed by atoms with Crippen molar-refractivity contribution in [1.29, 1.82) is 0 Å². The highest BCUT2D eigenvalue weighted by atomic mass is 32.2. The van der Waals surface area contributed by atoms with E-state index in [1.54, 1.807) is 11.3 Å². The molecule has 0 bridgehead atoms. The van der Waals surface area contributed by atoms with E-state index < -0.39 is 10.0 Å². The Morgan fingerprint density at radius 3 is 2.72 bits per heavy atom. The predicted molar refractivity (Wildman–Crippen MR) is 77.3 cm³/mol. The second kappa shape index (κ2) is 7.89. The topological polar surface area (TPSA) is 58.2 Å². The van der Waals surface area contributed by atoms with Crippen LogP contribution in [-0.4, -0.2) is 26.8 Å². The number of hydrogen-bond donors (Lipinski definition) is 2. The zero-order valence-corrected chi connectivity index (χ0v) is 12.6. The molecule has 0 aliphatic heterocycles. The molecule has 0 saturated carbocycles. The summed E-state index contributed by atoms with van der Waals surface area (Å²) in [4.78, 5) is 0. The Balaban J connectivity index is 2.15. The molecule has 0 aromatic carbocycles. The van der Waals surface area contributed by atoms with Gasteiger partial charge >= 0.3 is 0 Å². The molecule has 1 rings (SSSR count). The van der Waals surface area contributed by atoms with Gasteiger partial charge in [0.25, 0.3) is 0 Å². The van der Waals surface area contributed by atoms with Crippen LogP contribution in [0.4, 0.5) is 0 Å². The summed E-state index contributed by atoms with van der Waals surface area (Å²) in [6.07, 6.45) is 1.58. The molecule has 0 atom stereocenters. The summed E-state index contributed by atoms with van der Waals surface area (Å²) in [5.74, 6) is 0.205. The number of sulfonamides is 1. The van der Waals surface area contributed by atoms with E-state index in [4.69, 9.17) is 0 Å². The Bertz CT molecular complexity index is 413. The van der Waals surface area contributed by atoms with E-state index in [1.165, 1.54) is 0 Å². The molecule has 0 radical (unpaired) electrons. The van der Waals surface area contributed by atoms with Crippen molar-refractivity contribution < 1.29 is 8.42 Å². The predicted octanol–water partition coefficient (Wildman–Crippen LogP) is 1.95. The zero-order chi connectivity index (χ0) is 13.4. The summed E-state index contributed by atoms with van der Waals surface area (Å²) in [7, 11) is -3.13. The average molecular weight is 290 g/mol. The maximum Gasteiger partial charge on any atom is 0.211 e. The van der Waals surface area contributed by atoms with E-state index >= 15 is 0 Å². The molecule has 1 aromatic rings. The van der Waals surface area contributed by atoms with Crippen LogP contribution in [0.5, 0.6) is 0 Å². The second-order valence-corrected chi connectivity index (χ2v) is 7.29. The Hall–Kier alpha value is -0.430. The first kappa shape index (κ1) is 15.6. The minimum absolute atomic E-state index is 0.205. The van der Waals surface area contributed by atoms with Crippen molar-refractivity contribution in [2.24, 2.45) is 0 Å². The lowest BCUT2D eigenvalue weighted by Gasteiger charge is -2.08. The maximum absolute atomic E-state index is 11.7. The molecule has 4 nitrogen and oxygen atoms in total. The minimum atomic E-state index is -3.13. The lowest BCUT2D eigenvalue weighted by molar-refractivity contribution is 0.555. The summed E-state index contributed by atoms with van der Waals surface area (Å²) in [6, 6.07) is 2.39. The van der Waals surface area contributed by atoms with Gasteiger partial charge in [-0.15, -0.1) is 0 Å². The normalized spacial score (nSPS) is 12.2. The van der Waals surface area contributed by atoms with Crippen molar-refractivity contribution in [3.8, 4) is 0 Å². The highest BCUT2D eigenvalue weighted by Gasteiger charge is 2.09. The van der Waals surface area contributed by atoms with Crippen LogP contribution in [-0.2, 0) is 16.6 Å². The van der Waals surface area contributed by atoms with E-state index in [1.807, 2.05) is 16.8 Å². The van der Waals surface area contributed by atoms with E-state index in [0.717, 1.165) is 18.5 Å². The molecule has 104 valence electrons. The largest absolute Gasteiger partial charge is 0.315 e. The third-order valence-corrected chi connectivity index (χ3v) is 4.61. The van der Waals surface area contributed by atoms with Crippen LogP contribution in [0, 0.1) is 0 Å². The number of unbranched alkanes of at least 4 members (excludes halogenated alkanes) is 1. The molecule has 0 spiro atoms. The van der Waals surface area contributed by atoms with Crippen LogP contribution in [0.25, 0.3) is 0 Å². The summed E-state index contributed by atoms with van der Waals surface area (Å²) >= 11 is 1.57. The Kier molecular flexibility index (Phi) is 6.85. The molecule has 2 N–H and O–H groups in total. The Morgan fingerprint density at radius 1 is 1.33 bits per heavy atom. The van der Waals surface area contributed by atoms with Gasteiger partial charge in [-0.2, -0.15) is 11.3 Å². The van der Waals surface area contributed by atoms with Crippen molar-refractivity contribution in [2.45, 2.75) is 39.3 Å². The molecule has 0 unspecified atom stereocenters. The van der Waals surface area contributed by atoms with Crippen molar-refractivity contribution in [3.05, 3.63) is 22.4 Å². The first-order valence-electron chi connectivity index (χ1n) is 6.21. The van der Waals surface area contributed by atoms with E-state index in [-0.39, 0.29) is 5.75 Å². The smallest absolute Gasteiger partial charge is 0.211 e. The van der Waals surface area contributed by atoms with Crippen molar-refractivity contribution in [3.63, 3.8) is 0 Å². The van der Waals surface area contributed by atoms with Crippen molar-refractivity contribution >= 4 is 21.4 Å². The highest BCUT2D eigenvalue weighted by molar-refractivity contribution is 7.89. The number of nitrogens with one attached hydrogen (secondary N) is 2. The third kappa shape index (κ3) is 7.10. The number of hydrogen-bond acceptors (Lipinski definition) is 4. The molecule has 0 aliphatic carbocycles. The summed E-state index contributed by atoms with van der Waals surface area (Å²) < 4.78 is 26.0. The van der Waals surface area contributed by atoms with E-state index in [9.17, 15) is 8.42 Å². The summed E-state index contributed by atoms with van der Waals surface area (Å²) in [5, 5.41) is 7.17. The van der Waals surface area contributed by atoms with E-state index in [0.29, 0.717) is 19.0 Å². The molecule has 0 aliphatic rings. The quantitative estimate of drug-likeness (QED) is 0.683. The second-order valence-electron chi connectivity index (χ2n) is 4.59. The van der Waals surface area contributed by atoms with Crippen LogP contribution in [0.2, 0.25) is 0 Å². The lowest BCUT2D eigenvalue weighted by Crippen LogP contribution is -2.27. The van der Waals surface area contributed by atoms with Crippen LogP contribution >= 0.6 is 11.3 Å². The van der Waals surface area contributed by atoms with Gasteiger partial charge < -0.3 is 5.32 Å². The molecule has 0 fully saturated rings. The Morgan fingerprint density at radius 2 is 2.11 bits per heavy atom. The van der Waals surface area contributed by atoms with Crippen LogP contribution < -0.4 is 10.0 Å². The van der Waals surface area contributed by atoms with Gasteiger partial charge in [-0.25, -0.2) is 13.1 Å². The van der Waals surface area contributed by atoms with Crippen LogP contribution in [0.15, 0.2) is 16.8 Å². The monoisotopic (exact) mass is 290 g/mol. The number of thiophene rings is 1. The van der Waals surface area contributed by atoms with Gasteiger partial charge in [0.15, 0.2) is 0 Å². The first-order valence-corrected chi connectivity index (χ1v) is 8.81. The SMILES string of the molecule is CC(C)NCCCCS(=O)(=O)NCc1ccsc1. The Labute approximate surface area is 114 Å². The molecular weight excluding hydrogens is 268 g/mol. The van der Waals surface area contributed by atoms with Gasteiger partial charge in [0.05, 0.1) is 5.75 Å². The average Bonchev–Trinajstić information content (AvgIpc) is 2.78. The molecule has 1 heterocycles. The van der Waals surface area contributed by atoms with Crippen LogP contribution in [0.1, 0.15) is 32.3 Å². The number of rotatable bonds is 9. The first-order chi connectivity index (χ1) is 8.49. The summed E-state index contributed by atoms with van der Waals surface area (Å²) in [6.45, 7) is 5.44. The maximum atomic E-state index is 11.7. The van der Waals surface area contributed by atoms with Gasteiger partial charge in [-0.3, -0.25) is 0 Å². The minimum Gasteiger partial charge on any atom is -0.315 e. The van der Waals surface area contributed by atoms with Crippen molar-refractivity contribution in [2.75, 3.05) is 12.3 Å². The molecular formula is C12H22N2O2S2. The van der Waals surface area contributed by atoms with Gasteiger partial charge in [0, 0.05) is 12.6 Å².